The van der Waals surface area contributed by atoms with Crippen LogP contribution in [-0.4, -0.2) is 33.7 Å². The molecule has 0 bridgehead atoms. The zero-order valence-electron chi connectivity index (χ0n) is 11.1. The Kier molecular flexibility index (Phi) is 3.78. The van der Waals surface area contributed by atoms with E-state index in [9.17, 15) is 4.79 Å². The Morgan fingerprint density at radius 1 is 1.50 bits per heavy atom. The lowest BCUT2D eigenvalue weighted by Gasteiger charge is -2.25. The van der Waals surface area contributed by atoms with E-state index in [1.165, 1.54) is 6.39 Å². The summed E-state index contributed by atoms with van der Waals surface area (Å²) in [6, 6.07) is 4.14. The first-order valence-electron chi connectivity index (χ1n) is 6.75. The van der Waals surface area contributed by atoms with E-state index in [2.05, 4.69) is 29.9 Å². The molecule has 0 aliphatic carbocycles. The van der Waals surface area contributed by atoms with Gasteiger partial charge in [-0.15, -0.1) is 0 Å². The van der Waals surface area contributed by atoms with Crippen LogP contribution in [0.25, 0.3) is 0 Å². The predicted molar refractivity (Wildman–Crippen MR) is 71.0 cm³/mol. The number of aromatic nitrogens is 3. The lowest BCUT2D eigenvalue weighted by atomic mass is 10.1. The summed E-state index contributed by atoms with van der Waals surface area (Å²) in [4.78, 5) is 16.1. The number of carbonyl (C=O) groups excluding carboxylic acids is 1. The molecular weight excluding hydrogens is 258 g/mol. The first kappa shape index (κ1) is 12.9. The smallest absolute Gasteiger partial charge is 0.268 e. The quantitative estimate of drug-likeness (QED) is 0.859. The summed E-state index contributed by atoms with van der Waals surface area (Å²) in [5, 5.41) is 9.80. The topological polar surface area (TPSA) is 85.0 Å². The molecule has 1 amide bonds. The Morgan fingerprint density at radius 3 is 3.10 bits per heavy atom. The Morgan fingerprint density at radius 2 is 2.35 bits per heavy atom. The van der Waals surface area contributed by atoms with Crippen LogP contribution in [0.2, 0.25) is 0 Å². The summed E-state index contributed by atoms with van der Waals surface area (Å²) < 4.78 is 6.69. The zero-order valence-corrected chi connectivity index (χ0v) is 11.1. The molecule has 3 heterocycles. The van der Waals surface area contributed by atoms with Gasteiger partial charge in [0.05, 0.1) is 6.54 Å². The first-order chi connectivity index (χ1) is 9.84. The van der Waals surface area contributed by atoms with Crippen molar-refractivity contribution in [1.82, 2.24) is 25.3 Å². The molecule has 7 heteroatoms. The van der Waals surface area contributed by atoms with Crippen LogP contribution in [0.1, 0.15) is 35.2 Å². The van der Waals surface area contributed by atoms with Crippen molar-refractivity contribution in [1.29, 1.82) is 0 Å². The van der Waals surface area contributed by atoms with E-state index in [1.807, 2.05) is 18.3 Å². The summed E-state index contributed by atoms with van der Waals surface area (Å²) in [5.41, 5.74) is 0.681. The van der Waals surface area contributed by atoms with Crippen molar-refractivity contribution in [3.63, 3.8) is 0 Å². The van der Waals surface area contributed by atoms with Crippen molar-refractivity contribution in [3.05, 3.63) is 36.2 Å². The molecule has 0 saturated carbocycles. The third-order valence-corrected chi connectivity index (χ3v) is 3.53. The fourth-order valence-electron chi connectivity index (χ4n) is 2.51. The second-order valence-electron chi connectivity index (χ2n) is 4.81. The Balaban J connectivity index is 1.67. The molecule has 0 aromatic carbocycles. The summed E-state index contributed by atoms with van der Waals surface area (Å²) in [6.07, 6.45) is 5.30. The predicted octanol–water partition coefficient (Wildman–Crippen LogP) is 0.726. The van der Waals surface area contributed by atoms with Crippen molar-refractivity contribution < 1.29 is 9.32 Å². The number of hydrogen-bond acceptors (Lipinski definition) is 5. The molecule has 7 nitrogen and oxygen atoms in total. The first-order valence-corrected chi connectivity index (χ1v) is 6.75. The maximum absolute atomic E-state index is 12.2. The molecule has 106 valence electrons. The average molecular weight is 275 g/mol. The van der Waals surface area contributed by atoms with Gasteiger partial charge in [-0.3, -0.25) is 4.79 Å². The molecule has 1 saturated heterocycles. The molecule has 0 spiro atoms. The number of piperidine rings is 1. The summed E-state index contributed by atoms with van der Waals surface area (Å²) in [7, 11) is 0. The van der Waals surface area contributed by atoms with Gasteiger partial charge in [0, 0.05) is 12.2 Å². The number of nitrogens with one attached hydrogen (secondary N) is 2. The SMILES string of the molecule is O=C(NCc1ncon1)c1cccn1C1CCNCC1. The van der Waals surface area contributed by atoms with Crippen LogP contribution in [0.3, 0.4) is 0 Å². The van der Waals surface area contributed by atoms with Crippen molar-refractivity contribution in [3.8, 4) is 0 Å². The minimum Gasteiger partial charge on any atom is -0.343 e. The highest BCUT2D eigenvalue weighted by Crippen LogP contribution is 2.21. The number of amides is 1. The van der Waals surface area contributed by atoms with Crippen LogP contribution in [0, 0.1) is 0 Å². The molecule has 1 fully saturated rings. The van der Waals surface area contributed by atoms with Crippen LogP contribution in [-0.2, 0) is 6.54 Å². The molecule has 2 aromatic heterocycles. The van der Waals surface area contributed by atoms with E-state index in [-0.39, 0.29) is 12.5 Å². The molecule has 1 aliphatic rings. The number of hydrogen-bond donors (Lipinski definition) is 2. The molecular formula is C13H17N5O2. The van der Waals surface area contributed by atoms with E-state index in [4.69, 9.17) is 0 Å². The van der Waals surface area contributed by atoms with Gasteiger partial charge in [0.25, 0.3) is 5.91 Å². The van der Waals surface area contributed by atoms with Gasteiger partial charge in [-0.2, -0.15) is 4.98 Å². The largest absolute Gasteiger partial charge is 0.343 e. The standard InChI is InChI=1S/C13H17N5O2/c19-13(15-8-12-16-9-20-17-12)11-2-1-7-18(11)10-3-5-14-6-4-10/h1-2,7,9-10,14H,3-6,8H2,(H,15,19). The van der Waals surface area contributed by atoms with Gasteiger partial charge >= 0.3 is 0 Å². The zero-order chi connectivity index (χ0) is 13.8. The van der Waals surface area contributed by atoms with E-state index in [1.54, 1.807) is 0 Å². The molecule has 2 aromatic rings. The van der Waals surface area contributed by atoms with E-state index in [0.29, 0.717) is 17.6 Å². The lowest BCUT2D eigenvalue weighted by molar-refractivity contribution is 0.0936. The normalized spacial score (nSPS) is 16.2. The van der Waals surface area contributed by atoms with Gasteiger partial charge in [-0.25, -0.2) is 0 Å². The monoisotopic (exact) mass is 275 g/mol. The Bertz CT molecular complexity index is 557. The second-order valence-corrected chi connectivity index (χ2v) is 4.81. The van der Waals surface area contributed by atoms with Crippen molar-refractivity contribution in [2.45, 2.75) is 25.4 Å². The fourth-order valence-corrected chi connectivity index (χ4v) is 2.51. The molecule has 0 unspecified atom stereocenters. The third-order valence-electron chi connectivity index (χ3n) is 3.53. The van der Waals surface area contributed by atoms with Crippen LogP contribution in [0.15, 0.2) is 29.2 Å². The molecule has 20 heavy (non-hydrogen) atoms. The maximum Gasteiger partial charge on any atom is 0.268 e. The van der Waals surface area contributed by atoms with Gasteiger partial charge in [0.2, 0.25) is 6.39 Å². The highest BCUT2D eigenvalue weighted by atomic mass is 16.5. The van der Waals surface area contributed by atoms with E-state index < -0.39 is 0 Å². The van der Waals surface area contributed by atoms with Gasteiger partial charge in [-0.05, 0) is 38.1 Å². The van der Waals surface area contributed by atoms with Gasteiger partial charge in [0.15, 0.2) is 5.82 Å². The molecule has 0 atom stereocenters. The van der Waals surface area contributed by atoms with E-state index in [0.717, 1.165) is 25.9 Å². The third kappa shape index (κ3) is 2.72. The molecule has 0 radical (unpaired) electrons. The lowest BCUT2D eigenvalue weighted by Crippen LogP contribution is -2.32. The number of nitrogens with zero attached hydrogens (tertiary/aromatic N) is 3. The van der Waals surface area contributed by atoms with Crippen LogP contribution in [0.5, 0.6) is 0 Å². The Hall–Kier alpha value is -2.15. The van der Waals surface area contributed by atoms with Crippen LogP contribution < -0.4 is 10.6 Å². The van der Waals surface area contributed by atoms with Gasteiger partial charge in [0.1, 0.15) is 5.69 Å². The fraction of sp³-hybridized carbons (Fsp3) is 0.462. The van der Waals surface area contributed by atoms with Gasteiger partial charge in [-0.1, -0.05) is 5.16 Å². The summed E-state index contributed by atoms with van der Waals surface area (Å²) in [5.74, 6) is 0.358. The highest BCUT2D eigenvalue weighted by molar-refractivity contribution is 5.92. The van der Waals surface area contributed by atoms with Crippen molar-refractivity contribution >= 4 is 5.91 Å². The Labute approximate surface area is 116 Å². The maximum atomic E-state index is 12.2. The second kappa shape index (κ2) is 5.87. The van der Waals surface area contributed by atoms with Crippen LogP contribution in [0.4, 0.5) is 0 Å². The highest BCUT2D eigenvalue weighted by Gasteiger charge is 2.19. The molecule has 2 N–H and O–H groups in total. The van der Waals surface area contributed by atoms with E-state index >= 15 is 0 Å². The minimum absolute atomic E-state index is 0.113. The minimum atomic E-state index is -0.113. The molecule has 1 aliphatic heterocycles. The van der Waals surface area contributed by atoms with Crippen molar-refractivity contribution in [2.24, 2.45) is 0 Å². The number of carbonyl (C=O) groups is 1. The van der Waals surface area contributed by atoms with Crippen LogP contribution >= 0.6 is 0 Å². The number of rotatable bonds is 4. The molecule has 3 rings (SSSR count). The summed E-state index contributed by atoms with van der Waals surface area (Å²) >= 11 is 0. The summed E-state index contributed by atoms with van der Waals surface area (Å²) in [6.45, 7) is 2.26. The van der Waals surface area contributed by atoms with Crippen molar-refractivity contribution in [2.75, 3.05) is 13.1 Å². The average Bonchev–Trinajstić information content (AvgIpc) is 3.17. The van der Waals surface area contributed by atoms with Gasteiger partial charge < -0.3 is 19.7 Å².